The lowest BCUT2D eigenvalue weighted by molar-refractivity contribution is 0.841. The maximum atomic E-state index is 5.76. The molecule has 0 radical (unpaired) electrons. The molecule has 16 heavy (non-hydrogen) atoms. The SMILES string of the molecule is Cc1cc(-n2cc(I)cn2)c(CN)c(C)n1. The van der Waals surface area contributed by atoms with Crippen molar-refractivity contribution in [3.63, 3.8) is 0 Å². The lowest BCUT2D eigenvalue weighted by atomic mass is 10.1. The van der Waals surface area contributed by atoms with E-state index >= 15 is 0 Å². The van der Waals surface area contributed by atoms with Crippen molar-refractivity contribution in [1.82, 2.24) is 14.8 Å². The molecule has 0 amide bonds. The highest BCUT2D eigenvalue weighted by Gasteiger charge is 2.09. The Morgan fingerprint density at radius 2 is 2.19 bits per heavy atom. The quantitative estimate of drug-likeness (QED) is 0.858. The Morgan fingerprint density at radius 3 is 2.75 bits per heavy atom. The van der Waals surface area contributed by atoms with Crippen LogP contribution in [0.25, 0.3) is 5.69 Å². The number of nitrogens with zero attached hydrogens (tertiary/aromatic N) is 3. The predicted molar refractivity (Wildman–Crippen MR) is 71.4 cm³/mol. The van der Waals surface area contributed by atoms with Gasteiger partial charge in [-0.1, -0.05) is 0 Å². The third-order valence-corrected chi connectivity index (χ3v) is 2.99. The van der Waals surface area contributed by atoms with Crippen LogP contribution in [-0.2, 0) is 6.54 Å². The fourth-order valence-corrected chi connectivity index (χ4v) is 2.11. The van der Waals surface area contributed by atoms with Crippen LogP contribution >= 0.6 is 22.6 Å². The molecule has 0 aromatic carbocycles. The third kappa shape index (κ3) is 2.10. The van der Waals surface area contributed by atoms with Gasteiger partial charge in [-0.2, -0.15) is 5.10 Å². The first-order valence-corrected chi connectivity index (χ1v) is 6.07. The van der Waals surface area contributed by atoms with Gasteiger partial charge >= 0.3 is 0 Å². The van der Waals surface area contributed by atoms with Crippen LogP contribution < -0.4 is 5.73 Å². The summed E-state index contributed by atoms with van der Waals surface area (Å²) in [6, 6.07) is 2.01. The van der Waals surface area contributed by atoms with Crippen LogP contribution in [0.5, 0.6) is 0 Å². The summed E-state index contributed by atoms with van der Waals surface area (Å²) in [5, 5.41) is 4.30. The lowest BCUT2D eigenvalue weighted by Gasteiger charge is -2.11. The molecule has 0 aliphatic rings. The fraction of sp³-hybridized carbons (Fsp3) is 0.273. The van der Waals surface area contributed by atoms with Crippen molar-refractivity contribution in [2.75, 3.05) is 0 Å². The van der Waals surface area contributed by atoms with Gasteiger partial charge in [0.25, 0.3) is 0 Å². The Hall–Kier alpha value is -0.950. The highest BCUT2D eigenvalue weighted by molar-refractivity contribution is 14.1. The Kier molecular flexibility index (Phi) is 3.25. The summed E-state index contributed by atoms with van der Waals surface area (Å²) < 4.78 is 2.96. The Labute approximate surface area is 108 Å². The van der Waals surface area contributed by atoms with E-state index in [9.17, 15) is 0 Å². The predicted octanol–water partition coefficient (Wildman–Crippen LogP) is 1.95. The smallest absolute Gasteiger partial charge is 0.0727 e. The van der Waals surface area contributed by atoms with Gasteiger partial charge in [0.1, 0.15) is 0 Å². The molecular formula is C11H13IN4. The van der Waals surface area contributed by atoms with E-state index < -0.39 is 0 Å². The Morgan fingerprint density at radius 1 is 1.44 bits per heavy atom. The third-order valence-electron chi connectivity index (χ3n) is 2.44. The van der Waals surface area contributed by atoms with E-state index in [2.05, 4.69) is 32.7 Å². The molecule has 2 aromatic heterocycles. The first-order valence-electron chi connectivity index (χ1n) is 4.99. The highest BCUT2D eigenvalue weighted by Crippen LogP contribution is 2.18. The number of halogens is 1. The zero-order valence-corrected chi connectivity index (χ0v) is 11.4. The van der Waals surface area contributed by atoms with Gasteiger partial charge in [0, 0.05) is 29.7 Å². The first-order chi connectivity index (χ1) is 7.61. The highest BCUT2D eigenvalue weighted by atomic mass is 127. The minimum absolute atomic E-state index is 0.477. The van der Waals surface area contributed by atoms with Gasteiger partial charge in [-0.25, -0.2) is 4.68 Å². The number of hydrogen-bond acceptors (Lipinski definition) is 3. The maximum Gasteiger partial charge on any atom is 0.0727 e. The number of nitrogens with two attached hydrogens (primary N) is 1. The number of pyridine rings is 1. The van der Waals surface area contributed by atoms with Crippen molar-refractivity contribution >= 4 is 22.6 Å². The van der Waals surface area contributed by atoms with Gasteiger partial charge in [-0.15, -0.1) is 0 Å². The van der Waals surface area contributed by atoms with Crippen molar-refractivity contribution < 1.29 is 0 Å². The second-order valence-corrected chi connectivity index (χ2v) is 4.90. The average Bonchev–Trinajstić information content (AvgIpc) is 2.63. The molecule has 2 aromatic rings. The molecule has 0 spiro atoms. The second kappa shape index (κ2) is 4.50. The van der Waals surface area contributed by atoms with Gasteiger partial charge in [0.15, 0.2) is 0 Å². The summed E-state index contributed by atoms with van der Waals surface area (Å²) in [4.78, 5) is 4.41. The molecule has 0 bridgehead atoms. The van der Waals surface area contributed by atoms with Crippen molar-refractivity contribution in [2.45, 2.75) is 20.4 Å². The summed E-state index contributed by atoms with van der Waals surface area (Å²) in [5.74, 6) is 0. The minimum Gasteiger partial charge on any atom is -0.326 e. The van der Waals surface area contributed by atoms with Gasteiger partial charge in [0.05, 0.1) is 15.5 Å². The number of rotatable bonds is 2. The second-order valence-electron chi connectivity index (χ2n) is 3.65. The molecule has 0 aliphatic carbocycles. The molecule has 2 rings (SSSR count). The van der Waals surface area contributed by atoms with E-state index in [0.717, 1.165) is 26.2 Å². The molecule has 0 fully saturated rings. The van der Waals surface area contributed by atoms with E-state index in [1.807, 2.05) is 37.0 Å². The summed E-state index contributed by atoms with van der Waals surface area (Å²) >= 11 is 2.24. The standard InChI is InChI=1S/C11H13IN4/c1-7-3-11(10(4-13)8(2)15-7)16-6-9(12)5-14-16/h3,5-6H,4,13H2,1-2H3. The zero-order valence-electron chi connectivity index (χ0n) is 9.24. The Balaban J connectivity index is 2.63. The van der Waals surface area contributed by atoms with Crippen LogP contribution in [0.4, 0.5) is 0 Å². The molecule has 0 aliphatic heterocycles. The molecule has 4 nitrogen and oxygen atoms in total. The lowest BCUT2D eigenvalue weighted by Crippen LogP contribution is -2.09. The van der Waals surface area contributed by atoms with Crippen molar-refractivity contribution in [2.24, 2.45) is 5.73 Å². The van der Waals surface area contributed by atoms with Gasteiger partial charge in [-0.05, 0) is 42.5 Å². The molecule has 5 heteroatoms. The summed E-state index contributed by atoms with van der Waals surface area (Å²) in [6.45, 7) is 4.43. The van der Waals surface area contributed by atoms with Gasteiger partial charge in [-0.3, -0.25) is 4.98 Å². The van der Waals surface area contributed by atoms with Crippen LogP contribution in [0, 0.1) is 17.4 Å². The monoisotopic (exact) mass is 328 g/mol. The number of aromatic nitrogens is 3. The molecule has 0 saturated heterocycles. The average molecular weight is 328 g/mol. The molecule has 2 N–H and O–H groups in total. The van der Waals surface area contributed by atoms with E-state index in [-0.39, 0.29) is 0 Å². The molecule has 0 saturated carbocycles. The summed E-state index contributed by atoms with van der Waals surface area (Å²) in [5.41, 5.74) is 9.79. The normalized spacial score (nSPS) is 10.8. The van der Waals surface area contributed by atoms with Crippen LogP contribution in [0.1, 0.15) is 17.0 Å². The molecule has 0 unspecified atom stereocenters. The summed E-state index contributed by atoms with van der Waals surface area (Å²) in [6.07, 6.45) is 3.81. The van der Waals surface area contributed by atoms with E-state index in [1.54, 1.807) is 0 Å². The van der Waals surface area contributed by atoms with Crippen LogP contribution in [-0.4, -0.2) is 14.8 Å². The maximum absolute atomic E-state index is 5.76. The van der Waals surface area contributed by atoms with Crippen molar-refractivity contribution in [3.8, 4) is 5.69 Å². The van der Waals surface area contributed by atoms with Crippen molar-refractivity contribution in [1.29, 1.82) is 0 Å². The van der Waals surface area contributed by atoms with Crippen LogP contribution in [0.2, 0.25) is 0 Å². The first kappa shape index (κ1) is 11.5. The molecular weight excluding hydrogens is 315 g/mol. The number of aryl methyl sites for hydroxylation is 2. The molecule has 84 valence electrons. The molecule has 0 atom stereocenters. The zero-order chi connectivity index (χ0) is 11.7. The largest absolute Gasteiger partial charge is 0.326 e. The van der Waals surface area contributed by atoms with E-state index in [1.165, 1.54) is 0 Å². The van der Waals surface area contributed by atoms with E-state index in [4.69, 9.17) is 5.73 Å². The van der Waals surface area contributed by atoms with Gasteiger partial charge < -0.3 is 5.73 Å². The van der Waals surface area contributed by atoms with E-state index in [0.29, 0.717) is 6.54 Å². The van der Waals surface area contributed by atoms with Crippen LogP contribution in [0.15, 0.2) is 18.5 Å². The fourth-order valence-electron chi connectivity index (χ4n) is 1.72. The number of hydrogen-bond donors (Lipinski definition) is 1. The Bertz CT molecular complexity index is 519. The molecule has 2 heterocycles. The van der Waals surface area contributed by atoms with Crippen molar-refractivity contribution in [3.05, 3.63) is 39.0 Å². The van der Waals surface area contributed by atoms with Crippen LogP contribution in [0.3, 0.4) is 0 Å². The minimum atomic E-state index is 0.477. The van der Waals surface area contributed by atoms with Gasteiger partial charge in [0.2, 0.25) is 0 Å². The summed E-state index contributed by atoms with van der Waals surface area (Å²) in [7, 11) is 0. The topological polar surface area (TPSA) is 56.7 Å².